The number of hydrogen-bond acceptors (Lipinski definition) is 3. The third kappa shape index (κ3) is 1.82. The summed E-state index contributed by atoms with van der Waals surface area (Å²) in [5.41, 5.74) is 3.54. The van der Waals surface area contributed by atoms with Gasteiger partial charge in [-0.3, -0.25) is 4.98 Å². The van der Waals surface area contributed by atoms with E-state index in [1.165, 1.54) is 0 Å². The number of rotatable bonds is 1. The highest BCUT2D eigenvalue weighted by molar-refractivity contribution is 9.10. The zero-order valence-corrected chi connectivity index (χ0v) is 10.7. The van der Waals surface area contributed by atoms with Crippen molar-refractivity contribution in [3.05, 3.63) is 40.6 Å². The molecule has 0 unspecified atom stereocenters. The van der Waals surface area contributed by atoms with Crippen LogP contribution in [0.25, 0.3) is 22.7 Å². The number of imidazole rings is 1. The molecule has 0 aliphatic heterocycles. The van der Waals surface area contributed by atoms with Crippen LogP contribution in [0.15, 0.2) is 35.1 Å². The van der Waals surface area contributed by atoms with Crippen LogP contribution in [0, 0.1) is 6.92 Å². The Kier molecular flexibility index (Phi) is 2.40. The molecule has 4 nitrogen and oxygen atoms in total. The predicted octanol–water partition coefficient (Wildman–Crippen LogP) is 3.09. The standard InChI is InChI=1S/C12H9BrN4/c1-7-5-9-11(15-6-7)17-12(16-9)10-8(13)3-2-4-14-10/h2-6H,1H3,(H,15,16,17). The van der Waals surface area contributed by atoms with E-state index in [0.717, 1.165) is 27.1 Å². The molecule has 1 N–H and O–H groups in total. The Balaban J connectivity index is 2.22. The second kappa shape index (κ2) is 3.92. The number of aromatic nitrogens is 4. The Morgan fingerprint density at radius 1 is 1.29 bits per heavy atom. The molecule has 0 fully saturated rings. The zero-order chi connectivity index (χ0) is 11.8. The van der Waals surface area contributed by atoms with Crippen molar-refractivity contribution in [2.45, 2.75) is 6.92 Å². The maximum atomic E-state index is 4.43. The van der Waals surface area contributed by atoms with Gasteiger partial charge in [-0.15, -0.1) is 0 Å². The average molecular weight is 289 g/mol. The number of hydrogen-bond donors (Lipinski definition) is 1. The first-order valence-electron chi connectivity index (χ1n) is 5.17. The highest BCUT2D eigenvalue weighted by Crippen LogP contribution is 2.24. The second-order valence-electron chi connectivity index (χ2n) is 3.80. The molecule has 0 saturated heterocycles. The molecule has 0 aromatic carbocycles. The van der Waals surface area contributed by atoms with Crippen molar-refractivity contribution >= 4 is 27.1 Å². The van der Waals surface area contributed by atoms with E-state index in [9.17, 15) is 0 Å². The summed E-state index contributed by atoms with van der Waals surface area (Å²) < 4.78 is 0.913. The highest BCUT2D eigenvalue weighted by atomic mass is 79.9. The molecule has 0 radical (unpaired) electrons. The minimum atomic E-state index is 0.711. The van der Waals surface area contributed by atoms with Crippen LogP contribution < -0.4 is 0 Å². The largest absolute Gasteiger partial charge is 0.335 e. The molecule has 0 aliphatic carbocycles. The molecule has 5 heteroatoms. The molecule has 0 amide bonds. The van der Waals surface area contributed by atoms with Crippen molar-refractivity contribution in [3.63, 3.8) is 0 Å². The third-order valence-electron chi connectivity index (χ3n) is 2.46. The van der Waals surface area contributed by atoms with Crippen LogP contribution >= 0.6 is 15.9 Å². The number of H-pyrrole nitrogens is 1. The molecule has 3 rings (SSSR count). The summed E-state index contributed by atoms with van der Waals surface area (Å²) >= 11 is 3.46. The van der Waals surface area contributed by atoms with E-state index in [1.54, 1.807) is 12.4 Å². The number of nitrogens with zero attached hydrogens (tertiary/aromatic N) is 3. The van der Waals surface area contributed by atoms with E-state index in [4.69, 9.17) is 0 Å². The van der Waals surface area contributed by atoms with Crippen LogP contribution in [0.3, 0.4) is 0 Å². The first-order chi connectivity index (χ1) is 8.24. The zero-order valence-electron chi connectivity index (χ0n) is 9.11. The van der Waals surface area contributed by atoms with Gasteiger partial charge in [0.05, 0.1) is 5.52 Å². The molecule has 0 aliphatic rings. The van der Waals surface area contributed by atoms with Gasteiger partial charge in [-0.1, -0.05) is 0 Å². The quantitative estimate of drug-likeness (QED) is 0.749. The molecule has 3 aromatic rings. The van der Waals surface area contributed by atoms with E-state index >= 15 is 0 Å². The minimum Gasteiger partial charge on any atom is -0.335 e. The maximum absolute atomic E-state index is 4.43. The van der Waals surface area contributed by atoms with E-state index in [-0.39, 0.29) is 0 Å². The molecule has 3 aromatic heterocycles. The normalized spacial score (nSPS) is 10.9. The van der Waals surface area contributed by atoms with Gasteiger partial charge in [0.25, 0.3) is 0 Å². The number of aryl methyl sites for hydroxylation is 1. The van der Waals surface area contributed by atoms with Crippen LogP contribution in [0.1, 0.15) is 5.56 Å². The number of halogens is 1. The predicted molar refractivity (Wildman–Crippen MR) is 69.6 cm³/mol. The maximum Gasteiger partial charge on any atom is 0.178 e. The first kappa shape index (κ1) is 10.4. The molecule has 17 heavy (non-hydrogen) atoms. The Hall–Kier alpha value is -1.75. The fraction of sp³-hybridized carbons (Fsp3) is 0.0833. The van der Waals surface area contributed by atoms with Crippen molar-refractivity contribution in [2.75, 3.05) is 0 Å². The van der Waals surface area contributed by atoms with Gasteiger partial charge in [0.1, 0.15) is 5.69 Å². The number of aromatic amines is 1. The number of pyridine rings is 2. The van der Waals surface area contributed by atoms with Gasteiger partial charge < -0.3 is 4.98 Å². The number of fused-ring (bicyclic) bond motifs is 1. The van der Waals surface area contributed by atoms with E-state index in [1.807, 2.05) is 25.1 Å². The lowest BCUT2D eigenvalue weighted by molar-refractivity contribution is 1.22. The van der Waals surface area contributed by atoms with Gasteiger partial charge in [-0.2, -0.15) is 0 Å². The molecule has 3 heterocycles. The first-order valence-corrected chi connectivity index (χ1v) is 5.96. The summed E-state index contributed by atoms with van der Waals surface area (Å²) in [5.74, 6) is 0.727. The van der Waals surface area contributed by atoms with Crippen molar-refractivity contribution in [3.8, 4) is 11.5 Å². The fourth-order valence-corrected chi connectivity index (χ4v) is 2.12. The fourth-order valence-electron chi connectivity index (χ4n) is 1.68. The van der Waals surface area contributed by atoms with Crippen LogP contribution in [-0.2, 0) is 0 Å². The Morgan fingerprint density at radius 2 is 2.18 bits per heavy atom. The van der Waals surface area contributed by atoms with Crippen molar-refractivity contribution in [1.29, 1.82) is 0 Å². The highest BCUT2D eigenvalue weighted by Gasteiger charge is 2.10. The van der Waals surface area contributed by atoms with E-state index < -0.39 is 0 Å². The summed E-state index contributed by atoms with van der Waals surface area (Å²) in [6.07, 6.45) is 3.55. The van der Waals surface area contributed by atoms with Crippen molar-refractivity contribution in [2.24, 2.45) is 0 Å². The Morgan fingerprint density at radius 3 is 3.00 bits per heavy atom. The lowest BCUT2D eigenvalue weighted by Gasteiger charge is -1.97. The van der Waals surface area contributed by atoms with Gasteiger partial charge >= 0.3 is 0 Å². The average Bonchev–Trinajstić information content (AvgIpc) is 2.72. The summed E-state index contributed by atoms with van der Waals surface area (Å²) in [4.78, 5) is 16.2. The SMILES string of the molecule is Cc1cnc2nc(-c3ncccc3Br)[nH]c2c1. The van der Waals surface area contributed by atoms with Crippen LogP contribution in [0.4, 0.5) is 0 Å². The Bertz CT molecular complexity index is 690. The smallest absolute Gasteiger partial charge is 0.178 e. The van der Waals surface area contributed by atoms with Gasteiger partial charge in [-0.25, -0.2) is 9.97 Å². The Labute approximate surface area is 106 Å². The topological polar surface area (TPSA) is 54.5 Å². The summed E-state index contributed by atoms with van der Waals surface area (Å²) in [7, 11) is 0. The van der Waals surface area contributed by atoms with Crippen LogP contribution in [0.5, 0.6) is 0 Å². The van der Waals surface area contributed by atoms with Crippen LogP contribution in [0.2, 0.25) is 0 Å². The summed E-state index contributed by atoms with van der Waals surface area (Å²) in [5, 5.41) is 0. The van der Waals surface area contributed by atoms with Gasteiger partial charge in [0.2, 0.25) is 0 Å². The lowest BCUT2D eigenvalue weighted by Crippen LogP contribution is -1.86. The molecule has 0 atom stereocenters. The summed E-state index contributed by atoms with van der Waals surface area (Å²) in [6.45, 7) is 2.00. The molecule has 0 saturated carbocycles. The van der Waals surface area contributed by atoms with Crippen molar-refractivity contribution in [1.82, 2.24) is 19.9 Å². The van der Waals surface area contributed by atoms with Crippen LogP contribution in [-0.4, -0.2) is 19.9 Å². The molecule has 84 valence electrons. The summed E-state index contributed by atoms with van der Waals surface area (Å²) in [6, 6.07) is 5.84. The minimum absolute atomic E-state index is 0.711. The third-order valence-corrected chi connectivity index (χ3v) is 3.10. The van der Waals surface area contributed by atoms with Gasteiger partial charge in [-0.05, 0) is 46.6 Å². The van der Waals surface area contributed by atoms with Crippen molar-refractivity contribution < 1.29 is 0 Å². The monoisotopic (exact) mass is 288 g/mol. The van der Waals surface area contributed by atoms with Gasteiger partial charge in [0, 0.05) is 16.9 Å². The second-order valence-corrected chi connectivity index (χ2v) is 4.66. The molecule has 0 bridgehead atoms. The molecular formula is C12H9BrN4. The molecular weight excluding hydrogens is 280 g/mol. The van der Waals surface area contributed by atoms with Gasteiger partial charge in [0.15, 0.2) is 11.5 Å². The lowest BCUT2D eigenvalue weighted by atomic mass is 10.3. The van der Waals surface area contributed by atoms with E-state index in [0.29, 0.717) is 5.65 Å². The van der Waals surface area contributed by atoms with E-state index in [2.05, 4.69) is 35.9 Å². The molecule has 0 spiro atoms. The number of nitrogens with one attached hydrogen (secondary N) is 1.